The lowest BCUT2D eigenvalue weighted by molar-refractivity contribution is 0.533. The van der Waals surface area contributed by atoms with Crippen LogP contribution in [0.5, 0.6) is 0 Å². The van der Waals surface area contributed by atoms with Crippen molar-refractivity contribution in [2.24, 2.45) is 0 Å². The molecule has 5 nitrogen and oxygen atoms in total. The van der Waals surface area contributed by atoms with E-state index in [-0.39, 0.29) is 0 Å². The third-order valence-corrected chi connectivity index (χ3v) is 4.84. The zero-order chi connectivity index (χ0) is 17.8. The van der Waals surface area contributed by atoms with Crippen LogP contribution >= 0.6 is 0 Å². The Labute approximate surface area is 154 Å². The highest BCUT2D eigenvalue weighted by Gasteiger charge is 2.15. The average Bonchev–Trinajstić information content (AvgIpc) is 3.14. The van der Waals surface area contributed by atoms with E-state index in [1.165, 1.54) is 30.5 Å². The second kappa shape index (κ2) is 7.60. The van der Waals surface area contributed by atoms with Crippen LogP contribution in [0, 0.1) is 6.92 Å². The molecule has 26 heavy (non-hydrogen) atoms. The number of hydrogen-bond acceptors (Lipinski definition) is 5. The van der Waals surface area contributed by atoms with E-state index in [9.17, 15) is 0 Å². The van der Waals surface area contributed by atoms with Crippen LogP contribution in [0.4, 0.5) is 11.4 Å². The van der Waals surface area contributed by atoms with Crippen LogP contribution in [0.2, 0.25) is 0 Å². The Hall–Kier alpha value is -2.82. The Bertz CT molecular complexity index is 868. The third kappa shape index (κ3) is 3.57. The number of rotatable bonds is 5. The number of anilines is 2. The number of nitrogens with zero attached hydrogens (tertiary/aromatic N) is 3. The van der Waals surface area contributed by atoms with E-state index in [0.29, 0.717) is 11.8 Å². The number of nitrogens with one attached hydrogen (secondary N) is 1. The van der Waals surface area contributed by atoms with E-state index in [4.69, 9.17) is 4.42 Å². The van der Waals surface area contributed by atoms with Gasteiger partial charge in [0.2, 0.25) is 11.8 Å². The number of para-hydroxylation sites is 2. The standard InChI is InChI=1S/C21H24N4O/c1-16-23-24-21(26-16)18-10-4-5-11-19(18)22-15-17-9-3-6-12-20(17)25-13-7-2-8-14-25/h3-6,9-12,22H,2,7-8,13-15H2,1H3. The van der Waals surface area contributed by atoms with Gasteiger partial charge in [-0.2, -0.15) is 0 Å². The van der Waals surface area contributed by atoms with Gasteiger partial charge in [-0.3, -0.25) is 0 Å². The maximum Gasteiger partial charge on any atom is 0.249 e. The van der Waals surface area contributed by atoms with Crippen LogP contribution in [-0.2, 0) is 6.54 Å². The molecule has 5 heteroatoms. The number of hydrogen-bond donors (Lipinski definition) is 1. The second-order valence-electron chi connectivity index (χ2n) is 6.70. The molecule has 0 unspecified atom stereocenters. The Morgan fingerprint density at radius 1 is 0.962 bits per heavy atom. The Morgan fingerprint density at radius 2 is 1.73 bits per heavy atom. The number of aryl methyl sites for hydroxylation is 1. The summed E-state index contributed by atoms with van der Waals surface area (Å²) in [4.78, 5) is 2.51. The lowest BCUT2D eigenvalue weighted by Crippen LogP contribution is -2.30. The molecule has 1 saturated heterocycles. The summed E-state index contributed by atoms with van der Waals surface area (Å²) in [6.07, 6.45) is 3.90. The summed E-state index contributed by atoms with van der Waals surface area (Å²) in [5.74, 6) is 1.13. The zero-order valence-corrected chi connectivity index (χ0v) is 15.1. The molecule has 2 aromatic carbocycles. The zero-order valence-electron chi connectivity index (χ0n) is 15.1. The Morgan fingerprint density at radius 3 is 2.54 bits per heavy atom. The summed E-state index contributed by atoms with van der Waals surface area (Å²) in [6, 6.07) is 16.7. The van der Waals surface area contributed by atoms with E-state index >= 15 is 0 Å². The van der Waals surface area contributed by atoms with Crippen molar-refractivity contribution in [3.8, 4) is 11.5 Å². The highest BCUT2D eigenvalue weighted by atomic mass is 16.4. The fourth-order valence-electron chi connectivity index (χ4n) is 3.52. The predicted molar refractivity (Wildman–Crippen MR) is 104 cm³/mol. The van der Waals surface area contributed by atoms with Crippen molar-refractivity contribution >= 4 is 11.4 Å². The van der Waals surface area contributed by atoms with E-state index in [1.54, 1.807) is 6.92 Å². The first kappa shape index (κ1) is 16.6. The maximum atomic E-state index is 5.61. The fraction of sp³-hybridized carbons (Fsp3) is 0.333. The number of benzene rings is 2. The number of piperidine rings is 1. The van der Waals surface area contributed by atoms with E-state index in [2.05, 4.69) is 50.7 Å². The van der Waals surface area contributed by atoms with Gasteiger partial charge in [0.15, 0.2) is 0 Å². The van der Waals surface area contributed by atoms with Crippen LogP contribution in [-0.4, -0.2) is 23.3 Å². The Balaban J connectivity index is 1.55. The van der Waals surface area contributed by atoms with Crippen LogP contribution in [0.15, 0.2) is 52.9 Å². The fourth-order valence-corrected chi connectivity index (χ4v) is 3.52. The third-order valence-electron chi connectivity index (χ3n) is 4.84. The van der Waals surface area contributed by atoms with E-state index < -0.39 is 0 Å². The number of aromatic nitrogens is 2. The smallest absolute Gasteiger partial charge is 0.249 e. The molecule has 4 rings (SSSR count). The van der Waals surface area contributed by atoms with Gasteiger partial charge in [0.1, 0.15) is 0 Å². The lowest BCUT2D eigenvalue weighted by Gasteiger charge is -2.30. The molecule has 0 bridgehead atoms. The van der Waals surface area contributed by atoms with Gasteiger partial charge in [-0.25, -0.2) is 0 Å². The first-order valence-corrected chi connectivity index (χ1v) is 9.27. The molecule has 0 aliphatic carbocycles. The summed E-state index contributed by atoms with van der Waals surface area (Å²) in [5.41, 5.74) is 4.59. The molecular formula is C21H24N4O. The normalized spacial score (nSPS) is 14.4. The highest BCUT2D eigenvalue weighted by Crippen LogP contribution is 2.29. The van der Waals surface area contributed by atoms with Gasteiger partial charge in [0.05, 0.1) is 5.56 Å². The van der Waals surface area contributed by atoms with Crippen molar-refractivity contribution in [3.05, 3.63) is 60.0 Å². The minimum absolute atomic E-state index is 0.551. The SMILES string of the molecule is Cc1nnc(-c2ccccc2NCc2ccccc2N2CCCCC2)o1. The molecule has 0 amide bonds. The van der Waals surface area contributed by atoms with Gasteiger partial charge < -0.3 is 14.6 Å². The van der Waals surface area contributed by atoms with Crippen molar-refractivity contribution in [3.63, 3.8) is 0 Å². The predicted octanol–water partition coefficient (Wildman–Crippen LogP) is 4.65. The molecule has 1 aromatic heterocycles. The van der Waals surface area contributed by atoms with Gasteiger partial charge >= 0.3 is 0 Å². The maximum absolute atomic E-state index is 5.61. The second-order valence-corrected chi connectivity index (χ2v) is 6.70. The van der Waals surface area contributed by atoms with Gasteiger partial charge in [-0.1, -0.05) is 30.3 Å². The van der Waals surface area contributed by atoms with Crippen molar-refractivity contribution in [2.45, 2.75) is 32.7 Å². The largest absolute Gasteiger partial charge is 0.421 e. The molecule has 2 heterocycles. The minimum atomic E-state index is 0.551. The highest BCUT2D eigenvalue weighted by molar-refractivity contribution is 5.72. The van der Waals surface area contributed by atoms with Crippen LogP contribution in [0.3, 0.4) is 0 Å². The topological polar surface area (TPSA) is 54.2 Å². The van der Waals surface area contributed by atoms with E-state index in [0.717, 1.165) is 30.9 Å². The summed E-state index contributed by atoms with van der Waals surface area (Å²) < 4.78 is 5.61. The van der Waals surface area contributed by atoms with Gasteiger partial charge in [0, 0.05) is 37.9 Å². The monoisotopic (exact) mass is 348 g/mol. The summed E-state index contributed by atoms with van der Waals surface area (Å²) in [5, 5.41) is 11.7. The van der Waals surface area contributed by atoms with Gasteiger partial charge in [-0.15, -0.1) is 10.2 Å². The van der Waals surface area contributed by atoms with Crippen molar-refractivity contribution in [1.29, 1.82) is 0 Å². The minimum Gasteiger partial charge on any atom is -0.421 e. The molecule has 1 fully saturated rings. The quantitative estimate of drug-likeness (QED) is 0.727. The van der Waals surface area contributed by atoms with Gasteiger partial charge in [0.25, 0.3) is 0 Å². The molecule has 1 aliphatic rings. The Kier molecular flexibility index (Phi) is 4.86. The molecule has 0 atom stereocenters. The molecule has 0 spiro atoms. The van der Waals surface area contributed by atoms with Gasteiger partial charge in [-0.05, 0) is 43.0 Å². The van der Waals surface area contributed by atoms with Crippen LogP contribution in [0.1, 0.15) is 30.7 Å². The lowest BCUT2D eigenvalue weighted by atomic mass is 10.1. The first-order valence-electron chi connectivity index (χ1n) is 9.27. The summed E-state index contributed by atoms with van der Waals surface area (Å²) in [6.45, 7) is 4.86. The molecule has 3 aromatic rings. The summed E-state index contributed by atoms with van der Waals surface area (Å²) >= 11 is 0. The molecule has 1 N–H and O–H groups in total. The van der Waals surface area contributed by atoms with Crippen LogP contribution < -0.4 is 10.2 Å². The average molecular weight is 348 g/mol. The molecule has 134 valence electrons. The van der Waals surface area contributed by atoms with Crippen molar-refractivity contribution in [2.75, 3.05) is 23.3 Å². The molecule has 1 aliphatic heterocycles. The molecule has 0 saturated carbocycles. The van der Waals surface area contributed by atoms with Crippen molar-refractivity contribution < 1.29 is 4.42 Å². The van der Waals surface area contributed by atoms with Crippen LogP contribution in [0.25, 0.3) is 11.5 Å². The molecule has 0 radical (unpaired) electrons. The summed E-state index contributed by atoms with van der Waals surface area (Å²) in [7, 11) is 0. The van der Waals surface area contributed by atoms with E-state index in [1.807, 2.05) is 18.2 Å². The first-order chi connectivity index (χ1) is 12.8. The molecular weight excluding hydrogens is 324 g/mol. The van der Waals surface area contributed by atoms with Crippen molar-refractivity contribution in [1.82, 2.24) is 10.2 Å².